The molecule has 1 saturated heterocycles. The highest BCUT2D eigenvalue weighted by Gasteiger charge is 2.25. The van der Waals surface area contributed by atoms with Gasteiger partial charge in [-0.25, -0.2) is 4.79 Å². The molecule has 7 nitrogen and oxygen atoms in total. The lowest BCUT2D eigenvalue weighted by molar-refractivity contribution is 0.0500. The fraction of sp³-hybridized carbons (Fsp3) is 0.600. The highest BCUT2D eigenvalue weighted by atomic mass is 16.6. The van der Waals surface area contributed by atoms with Crippen LogP contribution in [0.1, 0.15) is 33.6 Å². The molecule has 1 aliphatic heterocycles. The predicted octanol–water partition coefficient (Wildman–Crippen LogP) is 2.97. The monoisotopic (exact) mass is 306 g/mol. The molecule has 1 amide bonds. The number of carbonyl (C=O) groups is 1. The van der Waals surface area contributed by atoms with Gasteiger partial charge < -0.3 is 15.0 Å². The Morgan fingerprint density at radius 3 is 2.95 bits per heavy atom. The van der Waals surface area contributed by atoms with E-state index >= 15 is 0 Å². The number of anilines is 1. The molecule has 120 valence electrons. The Hall–Kier alpha value is -2.18. The number of nitroso groups, excluding NO2 is 1. The van der Waals surface area contributed by atoms with Crippen LogP contribution in [-0.2, 0) is 4.74 Å². The highest BCUT2D eigenvalue weighted by molar-refractivity contribution is 5.69. The number of nitrogens with zero attached hydrogens (tertiary/aromatic N) is 3. The summed E-state index contributed by atoms with van der Waals surface area (Å²) in [4.78, 5) is 28.7. The molecule has 0 saturated carbocycles. The summed E-state index contributed by atoms with van der Waals surface area (Å²) in [5.41, 5.74) is 0.555. The van der Waals surface area contributed by atoms with Gasteiger partial charge in [-0.05, 0) is 44.9 Å². The molecule has 0 aromatic carbocycles. The second-order valence-electron chi connectivity index (χ2n) is 6.39. The Morgan fingerprint density at radius 1 is 1.50 bits per heavy atom. The van der Waals surface area contributed by atoms with Gasteiger partial charge in [-0.15, -0.1) is 4.91 Å². The van der Waals surface area contributed by atoms with Crippen molar-refractivity contribution in [2.24, 2.45) is 5.18 Å². The van der Waals surface area contributed by atoms with Crippen molar-refractivity contribution >= 4 is 17.5 Å². The Morgan fingerprint density at radius 2 is 2.27 bits per heavy atom. The standard InChI is InChI=1S/C15H22N4O3/c1-15(2,3)22-14(20)17-11-5-4-8-19(10-11)13-6-7-16-9-12(13)18-21/h6-7,9,11H,4-5,8,10H2,1-3H3,(H,17,20)/t11-/m0/s1. The number of pyridine rings is 1. The van der Waals surface area contributed by atoms with Crippen LogP contribution < -0.4 is 10.2 Å². The molecule has 1 atom stereocenters. The summed E-state index contributed by atoms with van der Waals surface area (Å²) in [7, 11) is 0. The van der Waals surface area contributed by atoms with Crippen molar-refractivity contribution in [1.82, 2.24) is 10.3 Å². The van der Waals surface area contributed by atoms with Crippen molar-refractivity contribution < 1.29 is 9.53 Å². The lowest BCUT2D eigenvalue weighted by Crippen LogP contribution is -2.49. The minimum atomic E-state index is -0.516. The van der Waals surface area contributed by atoms with Gasteiger partial charge in [-0.3, -0.25) is 4.98 Å². The van der Waals surface area contributed by atoms with Gasteiger partial charge in [0.05, 0.1) is 11.9 Å². The molecule has 0 unspecified atom stereocenters. The number of hydrogen-bond acceptors (Lipinski definition) is 6. The summed E-state index contributed by atoms with van der Waals surface area (Å²) < 4.78 is 5.28. The van der Waals surface area contributed by atoms with E-state index in [0.717, 1.165) is 25.1 Å². The first-order valence-electron chi connectivity index (χ1n) is 7.41. The van der Waals surface area contributed by atoms with Crippen LogP contribution >= 0.6 is 0 Å². The third-order valence-corrected chi connectivity index (χ3v) is 3.36. The average molecular weight is 306 g/mol. The molecular formula is C15H22N4O3. The van der Waals surface area contributed by atoms with Gasteiger partial charge >= 0.3 is 6.09 Å². The number of rotatable bonds is 3. The fourth-order valence-electron chi connectivity index (χ4n) is 2.50. The van der Waals surface area contributed by atoms with Gasteiger partial charge in [0.25, 0.3) is 0 Å². The summed E-state index contributed by atoms with van der Waals surface area (Å²) in [6.07, 6.45) is 4.47. The third kappa shape index (κ3) is 4.41. The molecule has 0 aliphatic carbocycles. The maximum Gasteiger partial charge on any atom is 0.407 e. The fourth-order valence-corrected chi connectivity index (χ4v) is 2.50. The zero-order valence-corrected chi connectivity index (χ0v) is 13.2. The number of piperidine rings is 1. The molecule has 0 spiro atoms. The molecule has 2 rings (SSSR count). The third-order valence-electron chi connectivity index (χ3n) is 3.36. The van der Waals surface area contributed by atoms with Gasteiger partial charge in [0.1, 0.15) is 11.3 Å². The minimum Gasteiger partial charge on any atom is -0.444 e. The maximum absolute atomic E-state index is 11.9. The molecular weight excluding hydrogens is 284 g/mol. The molecule has 1 aliphatic rings. The normalized spacial score (nSPS) is 18.7. The van der Waals surface area contributed by atoms with Crippen LogP contribution in [0.5, 0.6) is 0 Å². The minimum absolute atomic E-state index is 0.0173. The first-order valence-corrected chi connectivity index (χ1v) is 7.41. The van der Waals surface area contributed by atoms with E-state index in [1.54, 1.807) is 12.3 Å². The Bertz CT molecular complexity index is 542. The molecule has 0 radical (unpaired) electrons. The summed E-state index contributed by atoms with van der Waals surface area (Å²) in [6.45, 7) is 6.93. The molecule has 1 aromatic heterocycles. The first kappa shape index (κ1) is 16.2. The Kier molecular flexibility index (Phi) is 4.95. The van der Waals surface area contributed by atoms with Crippen molar-refractivity contribution in [2.75, 3.05) is 18.0 Å². The number of amides is 1. The topological polar surface area (TPSA) is 83.9 Å². The van der Waals surface area contributed by atoms with E-state index in [9.17, 15) is 9.70 Å². The highest BCUT2D eigenvalue weighted by Crippen LogP contribution is 2.29. The summed E-state index contributed by atoms with van der Waals surface area (Å²) >= 11 is 0. The van der Waals surface area contributed by atoms with E-state index in [4.69, 9.17) is 4.74 Å². The summed E-state index contributed by atoms with van der Waals surface area (Å²) in [5.74, 6) is 0. The molecule has 2 heterocycles. The van der Waals surface area contributed by atoms with Crippen LogP contribution in [0, 0.1) is 4.91 Å². The van der Waals surface area contributed by atoms with Crippen molar-refractivity contribution in [3.05, 3.63) is 23.4 Å². The smallest absolute Gasteiger partial charge is 0.407 e. The number of alkyl carbamates (subject to hydrolysis) is 1. The molecule has 7 heteroatoms. The molecule has 22 heavy (non-hydrogen) atoms. The number of carbonyl (C=O) groups excluding carboxylic acids is 1. The first-order chi connectivity index (χ1) is 10.4. The lowest BCUT2D eigenvalue weighted by atomic mass is 10.1. The quantitative estimate of drug-likeness (QED) is 0.868. The van der Waals surface area contributed by atoms with E-state index in [2.05, 4.69) is 15.5 Å². The van der Waals surface area contributed by atoms with Crippen LogP contribution in [0.15, 0.2) is 23.6 Å². The SMILES string of the molecule is CC(C)(C)OC(=O)N[C@H]1CCCN(c2ccncc2N=O)C1. The lowest BCUT2D eigenvalue weighted by Gasteiger charge is -2.35. The van der Waals surface area contributed by atoms with Crippen molar-refractivity contribution in [2.45, 2.75) is 45.3 Å². The number of aromatic nitrogens is 1. The van der Waals surface area contributed by atoms with Crippen LogP contribution in [0.25, 0.3) is 0 Å². The number of nitrogens with one attached hydrogen (secondary N) is 1. The zero-order chi connectivity index (χ0) is 16.2. The van der Waals surface area contributed by atoms with E-state index in [-0.39, 0.29) is 6.04 Å². The van der Waals surface area contributed by atoms with Crippen molar-refractivity contribution in [3.63, 3.8) is 0 Å². The van der Waals surface area contributed by atoms with Crippen molar-refractivity contribution in [1.29, 1.82) is 0 Å². The largest absolute Gasteiger partial charge is 0.444 e. The zero-order valence-electron chi connectivity index (χ0n) is 13.2. The van der Waals surface area contributed by atoms with Gasteiger partial charge in [0, 0.05) is 25.3 Å². The van der Waals surface area contributed by atoms with Gasteiger partial charge in [0.2, 0.25) is 0 Å². The van der Waals surface area contributed by atoms with Gasteiger partial charge in [-0.1, -0.05) is 0 Å². The van der Waals surface area contributed by atoms with E-state index < -0.39 is 11.7 Å². The number of hydrogen-bond donors (Lipinski definition) is 1. The maximum atomic E-state index is 11.9. The van der Waals surface area contributed by atoms with Crippen LogP contribution in [-0.4, -0.2) is 35.8 Å². The second kappa shape index (κ2) is 6.72. The molecule has 1 fully saturated rings. The second-order valence-corrected chi connectivity index (χ2v) is 6.39. The summed E-state index contributed by atoms with van der Waals surface area (Å²) in [6, 6.07) is 1.75. The average Bonchev–Trinajstić information content (AvgIpc) is 2.45. The predicted molar refractivity (Wildman–Crippen MR) is 84.3 cm³/mol. The number of ether oxygens (including phenoxy) is 1. The van der Waals surface area contributed by atoms with Gasteiger partial charge in [-0.2, -0.15) is 0 Å². The van der Waals surface area contributed by atoms with Gasteiger partial charge in [0.15, 0.2) is 0 Å². The van der Waals surface area contributed by atoms with E-state index in [1.165, 1.54) is 6.20 Å². The summed E-state index contributed by atoms with van der Waals surface area (Å²) in [5, 5.41) is 5.90. The van der Waals surface area contributed by atoms with Crippen molar-refractivity contribution in [3.8, 4) is 0 Å². The molecule has 1 N–H and O–H groups in total. The van der Waals surface area contributed by atoms with E-state index in [0.29, 0.717) is 12.2 Å². The van der Waals surface area contributed by atoms with Crippen LogP contribution in [0.3, 0.4) is 0 Å². The van der Waals surface area contributed by atoms with E-state index in [1.807, 2.05) is 25.7 Å². The molecule has 0 bridgehead atoms. The Balaban J connectivity index is 2.00. The van der Waals surface area contributed by atoms with Crippen LogP contribution in [0.2, 0.25) is 0 Å². The Labute approximate surface area is 130 Å². The molecule has 1 aromatic rings. The van der Waals surface area contributed by atoms with Crippen LogP contribution in [0.4, 0.5) is 16.2 Å².